The molecule has 6 aromatic carbocycles. The van der Waals surface area contributed by atoms with Crippen LogP contribution < -0.4 is 14.5 Å². The zero-order valence-electron chi connectivity index (χ0n) is 41.4. The zero-order valence-corrected chi connectivity index (χ0v) is 41.6. The Labute approximate surface area is 403 Å². The van der Waals surface area contributed by atoms with Crippen LogP contribution in [0.3, 0.4) is 0 Å². The molecule has 0 N–H and O–H groups in total. The molecule has 0 atom stereocenters. The molecule has 5 nitrogen and oxygen atoms in total. The van der Waals surface area contributed by atoms with Gasteiger partial charge in [-0.25, -0.2) is 4.98 Å². The first kappa shape index (κ1) is 43.0. The third kappa shape index (κ3) is 9.18. The number of anilines is 2. The number of ether oxygens (including phenoxy) is 1. The summed E-state index contributed by atoms with van der Waals surface area (Å²) in [7, 11) is 0. The molecule has 8 aromatic rings. The first-order valence-electron chi connectivity index (χ1n) is 23.3. The van der Waals surface area contributed by atoms with Gasteiger partial charge in [0.1, 0.15) is 5.82 Å². The minimum Gasteiger partial charge on any atom is -0.509 e. The van der Waals surface area contributed by atoms with Crippen LogP contribution in [0.4, 0.5) is 11.4 Å². The van der Waals surface area contributed by atoms with Gasteiger partial charge in [0.05, 0.1) is 2.74 Å². The van der Waals surface area contributed by atoms with E-state index in [4.69, 9.17) is 9.72 Å². The van der Waals surface area contributed by atoms with Gasteiger partial charge in [0, 0.05) is 50.0 Å². The minimum absolute atomic E-state index is 0. The third-order valence-corrected chi connectivity index (χ3v) is 12.6. The number of hydrogen-bond acceptors (Lipinski definition) is 4. The van der Waals surface area contributed by atoms with Crippen LogP contribution in [0.1, 0.15) is 107 Å². The van der Waals surface area contributed by atoms with E-state index in [-0.39, 0.29) is 49.7 Å². The van der Waals surface area contributed by atoms with E-state index in [1.54, 1.807) is 4.90 Å². The zero-order chi connectivity index (χ0) is 46.9. The topological polar surface area (TPSA) is 33.5 Å². The van der Waals surface area contributed by atoms with Crippen molar-refractivity contribution in [1.82, 2.24) is 9.55 Å². The van der Waals surface area contributed by atoms with Gasteiger partial charge in [-0.2, -0.15) is 6.07 Å². The Kier molecular flexibility index (Phi) is 11.3. The average Bonchev–Trinajstić information content (AvgIpc) is 3.77. The SMILES string of the molecule is [2H]C1=C([2H])N(c2cc(C(C)(C)C)cc(C(C)(C)C)c2)[CH-]N1c1[c-]c(Oc2[c-]c3c(cc2)c2cc(-c4ccccc4)ccc2n3-c2cc(C(C)(C)C)ccn2)cc(C(C)(C)c2ccccc2)c1.[Pt]. The van der Waals surface area contributed by atoms with Crippen LogP contribution in [0.15, 0.2) is 152 Å². The second kappa shape index (κ2) is 17.1. The Morgan fingerprint density at radius 1 is 0.538 bits per heavy atom. The van der Waals surface area contributed by atoms with E-state index in [9.17, 15) is 2.74 Å². The van der Waals surface area contributed by atoms with Crippen LogP contribution in [0.2, 0.25) is 0 Å². The van der Waals surface area contributed by atoms with E-state index >= 15 is 0 Å². The molecule has 0 unspecified atom stereocenters. The molecule has 6 heteroatoms. The first-order chi connectivity index (χ1) is 31.2. The van der Waals surface area contributed by atoms with Crippen LogP contribution in [-0.2, 0) is 42.7 Å². The average molecular weight is 1040 g/mol. The maximum absolute atomic E-state index is 9.39. The van der Waals surface area contributed by atoms with E-state index in [0.717, 1.165) is 55.6 Å². The Morgan fingerprint density at radius 3 is 1.85 bits per heavy atom. The van der Waals surface area contributed by atoms with Crippen molar-refractivity contribution in [2.45, 2.75) is 97.8 Å². The molecule has 2 aromatic heterocycles. The van der Waals surface area contributed by atoms with Crippen molar-refractivity contribution in [3.8, 4) is 28.4 Å². The largest absolute Gasteiger partial charge is 0.509 e. The number of aromatic nitrogens is 2. The van der Waals surface area contributed by atoms with E-state index in [1.807, 2.05) is 42.0 Å². The van der Waals surface area contributed by atoms with Crippen molar-refractivity contribution >= 4 is 33.2 Å². The molecule has 334 valence electrons. The van der Waals surface area contributed by atoms with Gasteiger partial charge in [0.25, 0.3) is 0 Å². The molecular weight excluding hydrogens is 976 g/mol. The fourth-order valence-corrected chi connectivity index (χ4v) is 8.40. The summed E-state index contributed by atoms with van der Waals surface area (Å²) < 4.78 is 27.8. The number of rotatable bonds is 8. The van der Waals surface area contributed by atoms with E-state index in [0.29, 0.717) is 17.2 Å². The molecule has 0 saturated heterocycles. The van der Waals surface area contributed by atoms with Crippen molar-refractivity contribution in [2.75, 3.05) is 9.80 Å². The van der Waals surface area contributed by atoms with Crippen molar-refractivity contribution in [2.24, 2.45) is 0 Å². The minimum atomic E-state index is -0.457. The second-order valence-electron chi connectivity index (χ2n) is 20.7. The molecule has 1 aliphatic heterocycles. The van der Waals surface area contributed by atoms with Gasteiger partial charge in [-0.05, 0) is 103 Å². The first-order valence-corrected chi connectivity index (χ1v) is 22.3. The van der Waals surface area contributed by atoms with E-state index in [1.165, 1.54) is 16.7 Å². The van der Waals surface area contributed by atoms with Gasteiger partial charge in [0.15, 0.2) is 0 Å². The van der Waals surface area contributed by atoms with E-state index < -0.39 is 5.41 Å². The molecule has 65 heavy (non-hydrogen) atoms. The van der Waals surface area contributed by atoms with Gasteiger partial charge in [0.2, 0.25) is 0 Å². The fraction of sp³-hybridized carbons (Fsp3) is 0.254. The van der Waals surface area contributed by atoms with Crippen molar-refractivity contribution < 1.29 is 28.5 Å². The van der Waals surface area contributed by atoms with Crippen LogP contribution in [0.25, 0.3) is 38.8 Å². The summed E-state index contributed by atoms with van der Waals surface area (Å²) in [5.74, 6) is 1.80. The summed E-state index contributed by atoms with van der Waals surface area (Å²) in [6.07, 6.45) is 2.01. The smallest absolute Gasteiger partial charge is 0.135 e. The Balaban J connectivity index is 0.00000608. The molecule has 0 spiro atoms. The molecule has 1 aliphatic rings. The Morgan fingerprint density at radius 2 is 1.18 bits per heavy atom. The number of fused-ring (bicyclic) bond motifs is 3. The molecular formula is C59H59N4OPt-3. The van der Waals surface area contributed by atoms with Crippen LogP contribution in [0.5, 0.6) is 11.5 Å². The standard InChI is InChI=1S/C59H59N4O.Pt/c1-56(2,3)43-26-27-60-55(36-43)63-53-25-22-41(40-18-14-12-15-19-40)30-52(53)51-24-23-49(38-54(51)63)64-50-35-46(59(10,11)42-20-16-13-17-21-42)34-48(37-50)62-29-28-61(39-62)47-32-44(57(4,5)6)31-45(33-47)58(7,8)9;/h12-36,39H,1-11H3;/q-3;/i28D,29D;. The fourth-order valence-electron chi connectivity index (χ4n) is 8.40. The van der Waals surface area contributed by atoms with Gasteiger partial charge < -0.3 is 19.1 Å². The molecule has 0 aliphatic carbocycles. The summed E-state index contributed by atoms with van der Waals surface area (Å²) in [6, 6.07) is 53.7. The van der Waals surface area contributed by atoms with Crippen molar-refractivity contribution in [1.29, 1.82) is 0 Å². The molecule has 9 rings (SSSR count). The normalized spacial score (nSPS) is 14.2. The number of pyridine rings is 1. The van der Waals surface area contributed by atoms with Crippen LogP contribution in [0, 0.1) is 18.8 Å². The summed E-state index contributed by atoms with van der Waals surface area (Å²) in [5.41, 5.74) is 10.5. The number of hydrogen-bond donors (Lipinski definition) is 0. The molecule has 0 saturated carbocycles. The second-order valence-corrected chi connectivity index (χ2v) is 20.7. The monoisotopic (exact) mass is 1040 g/mol. The molecule has 0 fully saturated rings. The van der Waals surface area contributed by atoms with Gasteiger partial charge in [-0.15, -0.1) is 53.6 Å². The third-order valence-electron chi connectivity index (χ3n) is 12.6. The van der Waals surface area contributed by atoms with Gasteiger partial charge in [-0.3, -0.25) is 0 Å². The Bertz CT molecular complexity index is 3120. The predicted octanol–water partition coefficient (Wildman–Crippen LogP) is 15.4. The van der Waals surface area contributed by atoms with Gasteiger partial charge >= 0.3 is 0 Å². The summed E-state index contributed by atoms with van der Waals surface area (Å²) in [5, 5.41) is 2.13. The van der Waals surface area contributed by atoms with Gasteiger partial charge in [-0.1, -0.05) is 161 Å². The van der Waals surface area contributed by atoms with Crippen molar-refractivity contribution in [3.05, 3.63) is 199 Å². The van der Waals surface area contributed by atoms with Crippen molar-refractivity contribution in [3.63, 3.8) is 0 Å². The van der Waals surface area contributed by atoms with Crippen LogP contribution >= 0.6 is 0 Å². The maximum atomic E-state index is 9.39. The molecule has 0 bridgehead atoms. The predicted molar refractivity (Wildman–Crippen MR) is 268 cm³/mol. The Hall–Kier alpha value is -5.90. The number of benzene rings is 6. The summed E-state index contributed by atoms with van der Waals surface area (Å²) in [4.78, 5) is 8.48. The maximum Gasteiger partial charge on any atom is 0.135 e. The molecule has 3 heterocycles. The van der Waals surface area contributed by atoms with Crippen LogP contribution in [-0.4, -0.2) is 9.55 Å². The molecule has 0 radical (unpaired) electrons. The van der Waals surface area contributed by atoms with E-state index in [2.05, 4.69) is 202 Å². The summed E-state index contributed by atoms with van der Waals surface area (Å²) >= 11 is 0. The number of nitrogens with zero attached hydrogens (tertiary/aromatic N) is 4. The quantitative estimate of drug-likeness (QED) is 0.142. The molecule has 0 amide bonds. The summed E-state index contributed by atoms with van der Waals surface area (Å²) in [6.45, 7) is 26.1.